The van der Waals surface area contributed by atoms with Crippen LogP contribution in [0.2, 0.25) is 0 Å². The van der Waals surface area contributed by atoms with Crippen LogP contribution in [0.4, 0.5) is 0 Å². The first-order valence-corrected chi connectivity index (χ1v) is 12.8. The van der Waals surface area contributed by atoms with Crippen molar-refractivity contribution in [3.8, 4) is 17.2 Å². The number of nitrogens with zero attached hydrogens (tertiary/aromatic N) is 2. The number of hydrogen-bond acceptors (Lipinski definition) is 7. The summed E-state index contributed by atoms with van der Waals surface area (Å²) >= 11 is 1.60. The fraction of sp³-hybridized carbons (Fsp3) is 0.357. The first kappa shape index (κ1) is 28.0. The lowest BCUT2D eigenvalue weighted by atomic mass is 10.1. The van der Waals surface area contributed by atoms with Crippen molar-refractivity contribution in [2.24, 2.45) is 0 Å². The van der Waals surface area contributed by atoms with Crippen molar-refractivity contribution in [1.29, 1.82) is 0 Å². The second-order valence-electron chi connectivity index (χ2n) is 8.29. The summed E-state index contributed by atoms with van der Waals surface area (Å²) in [4.78, 5) is 31.3. The molecule has 1 aromatic heterocycles. The second kappa shape index (κ2) is 14.2. The van der Waals surface area contributed by atoms with Crippen molar-refractivity contribution in [1.82, 2.24) is 9.80 Å². The van der Waals surface area contributed by atoms with Gasteiger partial charge in [-0.05, 0) is 53.8 Å². The highest BCUT2D eigenvalue weighted by Crippen LogP contribution is 2.28. The van der Waals surface area contributed by atoms with Crippen LogP contribution < -0.4 is 14.2 Å². The van der Waals surface area contributed by atoms with E-state index in [4.69, 9.17) is 18.9 Å². The molecule has 2 aromatic carbocycles. The molecule has 0 radical (unpaired) electrons. The summed E-state index contributed by atoms with van der Waals surface area (Å²) in [5.41, 5.74) is 1.48. The van der Waals surface area contributed by atoms with Gasteiger partial charge in [0, 0.05) is 30.6 Å². The number of thiophene rings is 1. The molecule has 0 unspecified atom stereocenters. The summed E-state index contributed by atoms with van der Waals surface area (Å²) < 4.78 is 21.2. The SMILES string of the molecule is COCCN(CC(=O)N(CCc1ccc(OC)c(OC)c1)Cc1cccs1)C(=O)c1cccc(OC)c1. The summed E-state index contributed by atoms with van der Waals surface area (Å²) in [6.07, 6.45) is 0.624. The van der Waals surface area contributed by atoms with Gasteiger partial charge in [-0.1, -0.05) is 18.2 Å². The number of amides is 2. The molecule has 8 nitrogen and oxygen atoms in total. The first-order valence-electron chi connectivity index (χ1n) is 11.9. The number of benzene rings is 2. The van der Waals surface area contributed by atoms with Gasteiger partial charge in [-0.2, -0.15) is 0 Å². The number of carbonyl (C=O) groups is 2. The van der Waals surface area contributed by atoms with Crippen LogP contribution in [0.1, 0.15) is 20.8 Å². The first-order chi connectivity index (χ1) is 18.0. The van der Waals surface area contributed by atoms with Gasteiger partial charge in [-0.25, -0.2) is 0 Å². The molecule has 0 saturated carbocycles. The smallest absolute Gasteiger partial charge is 0.254 e. The van der Waals surface area contributed by atoms with Gasteiger partial charge in [0.15, 0.2) is 11.5 Å². The molecule has 2 amide bonds. The number of carbonyl (C=O) groups excluding carboxylic acids is 2. The summed E-state index contributed by atoms with van der Waals surface area (Å²) in [5, 5.41) is 1.99. The molecule has 3 aromatic rings. The fourth-order valence-corrected chi connectivity index (χ4v) is 4.56. The minimum atomic E-state index is -0.250. The quantitative estimate of drug-likeness (QED) is 0.314. The van der Waals surface area contributed by atoms with E-state index in [0.29, 0.717) is 55.5 Å². The third kappa shape index (κ3) is 7.96. The van der Waals surface area contributed by atoms with Crippen LogP contribution in [0.3, 0.4) is 0 Å². The molecule has 0 spiro atoms. The molecule has 37 heavy (non-hydrogen) atoms. The van der Waals surface area contributed by atoms with Crippen LogP contribution in [-0.4, -0.2) is 76.3 Å². The molecule has 0 bridgehead atoms. The molecule has 0 aliphatic heterocycles. The Bertz CT molecular complexity index is 1150. The average Bonchev–Trinajstić information content (AvgIpc) is 3.45. The standard InChI is InChI=1S/C28H34N2O6S/c1-33-15-14-30(28(32)22-7-5-8-23(18-22)34-2)20-27(31)29(19-24-9-6-16-37-24)13-12-21-10-11-25(35-3)26(17-21)36-4/h5-11,16-18H,12-15,19-20H2,1-4H3. The Balaban J connectivity index is 1.78. The number of hydrogen-bond donors (Lipinski definition) is 0. The molecule has 0 aliphatic carbocycles. The number of methoxy groups -OCH3 is 4. The maximum Gasteiger partial charge on any atom is 0.254 e. The van der Waals surface area contributed by atoms with Crippen LogP contribution in [0.25, 0.3) is 0 Å². The second-order valence-corrected chi connectivity index (χ2v) is 9.32. The zero-order chi connectivity index (χ0) is 26.6. The molecule has 0 fully saturated rings. The van der Waals surface area contributed by atoms with Crippen LogP contribution in [0.15, 0.2) is 60.0 Å². The van der Waals surface area contributed by atoms with Gasteiger partial charge >= 0.3 is 0 Å². The molecule has 0 saturated heterocycles. The molecule has 198 valence electrons. The highest BCUT2D eigenvalue weighted by atomic mass is 32.1. The van der Waals surface area contributed by atoms with E-state index in [0.717, 1.165) is 10.4 Å². The molecule has 3 rings (SSSR count). The Morgan fingerprint density at radius 3 is 2.32 bits per heavy atom. The van der Waals surface area contributed by atoms with Gasteiger partial charge in [0.05, 0.1) is 34.5 Å². The van der Waals surface area contributed by atoms with Gasteiger partial charge in [0.2, 0.25) is 5.91 Å². The molecule has 0 aliphatic rings. The lowest BCUT2D eigenvalue weighted by molar-refractivity contribution is -0.132. The van der Waals surface area contributed by atoms with Crippen LogP contribution in [0, 0.1) is 0 Å². The third-order valence-electron chi connectivity index (χ3n) is 5.89. The Kier molecular flexibility index (Phi) is 10.8. The molecule has 0 N–H and O–H groups in total. The van der Waals surface area contributed by atoms with Gasteiger partial charge in [-0.3, -0.25) is 9.59 Å². The highest BCUT2D eigenvalue weighted by Gasteiger charge is 2.23. The van der Waals surface area contributed by atoms with E-state index in [-0.39, 0.29) is 18.4 Å². The Morgan fingerprint density at radius 2 is 1.65 bits per heavy atom. The van der Waals surface area contributed by atoms with Crippen molar-refractivity contribution < 1.29 is 28.5 Å². The normalized spacial score (nSPS) is 10.6. The minimum Gasteiger partial charge on any atom is -0.497 e. The molecular formula is C28H34N2O6S. The maximum atomic E-state index is 13.6. The van der Waals surface area contributed by atoms with Gasteiger partial charge in [0.1, 0.15) is 12.3 Å². The van der Waals surface area contributed by atoms with Crippen molar-refractivity contribution in [2.75, 3.05) is 54.7 Å². The summed E-state index contributed by atoms with van der Waals surface area (Å²) in [6.45, 7) is 1.50. The lowest BCUT2D eigenvalue weighted by Crippen LogP contribution is -2.44. The molecule has 0 atom stereocenters. The number of ether oxygens (including phenoxy) is 4. The van der Waals surface area contributed by atoms with E-state index >= 15 is 0 Å². The zero-order valence-electron chi connectivity index (χ0n) is 21.8. The van der Waals surface area contributed by atoms with Gasteiger partial charge in [-0.15, -0.1) is 11.3 Å². The van der Waals surface area contributed by atoms with E-state index in [1.807, 2.05) is 35.7 Å². The van der Waals surface area contributed by atoms with Crippen LogP contribution in [-0.2, 0) is 22.5 Å². The molecular weight excluding hydrogens is 492 g/mol. The molecule has 1 heterocycles. The van der Waals surface area contributed by atoms with E-state index in [1.54, 1.807) is 68.9 Å². The predicted octanol–water partition coefficient (Wildman–Crippen LogP) is 4.13. The minimum absolute atomic E-state index is 0.0588. The summed E-state index contributed by atoms with van der Waals surface area (Å²) in [5.74, 6) is 1.49. The van der Waals surface area contributed by atoms with Crippen molar-refractivity contribution >= 4 is 23.2 Å². The van der Waals surface area contributed by atoms with Gasteiger partial charge < -0.3 is 28.7 Å². The Morgan fingerprint density at radius 1 is 0.838 bits per heavy atom. The lowest BCUT2D eigenvalue weighted by Gasteiger charge is -2.28. The van der Waals surface area contributed by atoms with Crippen LogP contribution >= 0.6 is 11.3 Å². The van der Waals surface area contributed by atoms with E-state index in [1.165, 1.54) is 4.90 Å². The van der Waals surface area contributed by atoms with Crippen molar-refractivity contribution in [3.05, 3.63) is 76.0 Å². The fourth-order valence-electron chi connectivity index (χ4n) is 3.84. The Hall–Kier alpha value is -3.56. The monoisotopic (exact) mass is 526 g/mol. The zero-order valence-corrected chi connectivity index (χ0v) is 22.6. The summed E-state index contributed by atoms with van der Waals surface area (Å²) in [6, 6.07) is 16.6. The van der Waals surface area contributed by atoms with E-state index in [9.17, 15) is 9.59 Å². The largest absolute Gasteiger partial charge is 0.497 e. The average molecular weight is 527 g/mol. The maximum absolute atomic E-state index is 13.6. The van der Waals surface area contributed by atoms with E-state index in [2.05, 4.69) is 0 Å². The number of rotatable bonds is 14. The predicted molar refractivity (Wildman–Crippen MR) is 144 cm³/mol. The highest BCUT2D eigenvalue weighted by molar-refractivity contribution is 7.09. The van der Waals surface area contributed by atoms with Crippen molar-refractivity contribution in [2.45, 2.75) is 13.0 Å². The van der Waals surface area contributed by atoms with Gasteiger partial charge in [0.25, 0.3) is 5.91 Å². The molecule has 9 heteroatoms. The Labute approximate surface area is 222 Å². The topological polar surface area (TPSA) is 77.5 Å². The van der Waals surface area contributed by atoms with E-state index < -0.39 is 0 Å². The van der Waals surface area contributed by atoms with Crippen LogP contribution in [0.5, 0.6) is 17.2 Å². The summed E-state index contributed by atoms with van der Waals surface area (Å²) in [7, 11) is 6.32. The van der Waals surface area contributed by atoms with Crippen molar-refractivity contribution in [3.63, 3.8) is 0 Å². The third-order valence-corrected chi connectivity index (χ3v) is 6.75.